The van der Waals surface area contributed by atoms with Gasteiger partial charge in [-0.2, -0.15) is 0 Å². The molecule has 0 spiro atoms. The van der Waals surface area contributed by atoms with Crippen molar-refractivity contribution in [3.8, 4) is 5.75 Å². The monoisotopic (exact) mass is 426 g/mol. The number of rotatable bonds is 5. The minimum Gasteiger partial charge on any atom is -0.496 e. The number of methoxy groups -OCH3 is 1. The third-order valence-electron chi connectivity index (χ3n) is 4.23. The summed E-state index contributed by atoms with van der Waals surface area (Å²) in [5, 5.41) is 11.3. The van der Waals surface area contributed by atoms with Gasteiger partial charge in [0, 0.05) is 0 Å². The van der Waals surface area contributed by atoms with Gasteiger partial charge in [0.15, 0.2) is 0 Å². The highest BCUT2D eigenvalue weighted by molar-refractivity contribution is 5.94. The molecular weight excluding hydrogens is 405 g/mol. The van der Waals surface area contributed by atoms with Crippen LogP contribution in [0.5, 0.6) is 5.75 Å². The zero-order chi connectivity index (χ0) is 22.3. The van der Waals surface area contributed by atoms with Crippen LogP contribution in [0.25, 0.3) is 0 Å². The first-order valence-corrected chi connectivity index (χ1v) is 8.99. The van der Waals surface area contributed by atoms with E-state index in [1.165, 1.54) is 37.6 Å². The van der Waals surface area contributed by atoms with E-state index in [0.29, 0.717) is 12.1 Å². The molecule has 7 nitrogen and oxygen atoms in total. The average Bonchev–Trinajstić information content (AvgIpc) is 3.15. The molecule has 162 valence electrons. The van der Waals surface area contributed by atoms with E-state index in [1.54, 1.807) is 0 Å². The number of nitrogens with zero attached hydrogens (tertiary/aromatic N) is 1. The lowest BCUT2D eigenvalue weighted by Gasteiger charge is -2.11. The summed E-state index contributed by atoms with van der Waals surface area (Å²) < 4.78 is 47.0. The minimum absolute atomic E-state index is 0.0567. The number of amides is 1. The number of hydrogen-bond donors (Lipinski definition) is 2. The molecule has 1 amide bonds. The number of carbonyl (C=O) groups is 2. The van der Waals surface area contributed by atoms with Crippen LogP contribution in [-0.4, -0.2) is 41.3 Å². The Morgan fingerprint density at radius 1 is 1.27 bits per heavy atom. The molecule has 10 heteroatoms. The van der Waals surface area contributed by atoms with Crippen molar-refractivity contribution in [2.24, 2.45) is 0 Å². The Hall–Kier alpha value is -3.14. The van der Waals surface area contributed by atoms with Gasteiger partial charge in [-0.1, -0.05) is 6.07 Å². The van der Waals surface area contributed by atoms with Gasteiger partial charge in [0.25, 0.3) is 12.3 Å². The van der Waals surface area contributed by atoms with E-state index < -0.39 is 29.9 Å². The number of pyridine rings is 1. The number of aromatic carboxylic acids is 1. The van der Waals surface area contributed by atoms with Gasteiger partial charge in [0.2, 0.25) is 0 Å². The standard InChI is InChI=1S/C12H14N2O4.C8H7F3O/c1-7-2-5-10(18-7)11(15)14-8-3-4-9(12(16)17)13-6-8;1-12-6-4-2-3-5(9)7(6)8(10)11/h3-4,6-7,10H,2,5H2,1H3,(H,14,15)(H,16,17);2-4,8H,1H3. The number of nitrogens with one attached hydrogen (secondary N) is 1. The number of alkyl halides is 2. The van der Waals surface area contributed by atoms with Crippen molar-refractivity contribution < 1.29 is 37.3 Å². The van der Waals surface area contributed by atoms with Crippen molar-refractivity contribution in [3.63, 3.8) is 0 Å². The second kappa shape index (κ2) is 10.6. The van der Waals surface area contributed by atoms with Crippen molar-refractivity contribution >= 4 is 17.6 Å². The van der Waals surface area contributed by atoms with E-state index in [0.717, 1.165) is 12.5 Å². The van der Waals surface area contributed by atoms with Gasteiger partial charge in [-0.05, 0) is 44.0 Å². The Balaban J connectivity index is 0.000000232. The van der Waals surface area contributed by atoms with Crippen LogP contribution < -0.4 is 10.1 Å². The summed E-state index contributed by atoms with van der Waals surface area (Å²) in [7, 11) is 1.22. The van der Waals surface area contributed by atoms with Gasteiger partial charge < -0.3 is 19.9 Å². The molecule has 1 fully saturated rings. The van der Waals surface area contributed by atoms with Gasteiger partial charge >= 0.3 is 5.97 Å². The third-order valence-corrected chi connectivity index (χ3v) is 4.23. The lowest BCUT2D eigenvalue weighted by Crippen LogP contribution is -2.27. The molecule has 1 saturated heterocycles. The summed E-state index contributed by atoms with van der Waals surface area (Å²) in [6, 6.07) is 6.44. The van der Waals surface area contributed by atoms with Crippen molar-refractivity contribution in [1.29, 1.82) is 0 Å². The molecule has 2 unspecified atom stereocenters. The van der Waals surface area contributed by atoms with Gasteiger partial charge in [0.1, 0.15) is 23.4 Å². The molecular formula is C20H21F3N2O5. The van der Waals surface area contributed by atoms with E-state index in [1.807, 2.05) is 6.92 Å². The molecule has 1 aliphatic rings. The Kier molecular flexibility index (Phi) is 8.16. The van der Waals surface area contributed by atoms with E-state index in [2.05, 4.69) is 15.0 Å². The number of carbonyl (C=O) groups excluding carboxylic acids is 1. The Morgan fingerprint density at radius 3 is 2.47 bits per heavy atom. The number of halogens is 3. The van der Waals surface area contributed by atoms with Crippen LogP contribution in [0.1, 0.15) is 42.2 Å². The lowest BCUT2D eigenvalue weighted by atomic mass is 10.2. The zero-order valence-electron chi connectivity index (χ0n) is 16.3. The van der Waals surface area contributed by atoms with Crippen LogP contribution in [-0.2, 0) is 9.53 Å². The van der Waals surface area contributed by atoms with E-state index in [-0.39, 0.29) is 23.5 Å². The number of carboxylic acids is 1. The maximum absolute atomic E-state index is 12.7. The van der Waals surface area contributed by atoms with Crippen molar-refractivity contribution in [2.45, 2.75) is 38.4 Å². The maximum atomic E-state index is 12.7. The molecule has 30 heavy (non-hydrogen) atoms. The predicted molar refractivity (Wildman–Crippen MR) is 101 cm³/mol. The van der Waals surface area contributed by atoms with Gasteiger partial charge in [0.05, 0.1) is 30.7 Å². The fraction of sp³-hybridized carbons (Fsp3) is 0.350. The SMILES string of the molecule is CC1CCC(C(=O)Nc2ccc(C(=O)O)nc2)O1.COc1cccc(F)c1C(F)F. The van der Waals surface area contributed by atoms with Crippen molar-refractivity contribution in [2.75, 3.05) is 12.4 Å². The normalized spacial score (nSPS) is 17.8. The zero-order valence-corrected chi connectivity index (χ0v) is 16.3. The molecule has 1 aromatic carbocycles. The average molecular weight is 426 g/mol. The number of aromatic nitrogens is 1. The molecule has 0 bridgehead atoms. The number of anilines is 1. The number of benzene rings is 1. The van der Waals surface area contributed by atoms with Gasteiger partial charge in [-0.15, -0.1) is 0 Å². The smallest absolute Gasteiger partial charge is 0.354 e. The molecule has 2 N–H and O–H groups in total. The first kappa shape index (κ1) is 23.1. The fourth-order valence-electron chi connectivity index (χ4n) is 2.72. The topological polar surface area (TPSA) is 97.8 Å². The Labute approximate surface area is 170 Å². The largest absolute Gasteiger partial charge is 0.496 e. The summed E-state index contributed by atoms with van der Waals surface area (Å²) in [5.74, 6) is -2.38. The summed E-state index contributed by atoms with van der Waals surface area (Å²) in [4.78, 5) is 26.1. The van der Waals surface area contributed by atoms with Crippen LogP contribution >= 0.6 is 0 Å². The number of carboxylic acid groups (broad SMARTS) is 1. The van der Waals surface area contributed by atoms with Crippen LogP contribution in [0.4, 0.5) is 18.9 Å². The second-order valence-electron chi connectivity index (χ2n) is 6.40. The molecule has 0 aliphatic carbocycles. The van der Waals surface area contributed by atoms with Crippen LogP contribution in [0, 0.1) is 5.82 Å². The first-order chi connectivity index (χ1) is 14.2. The van der Waals surface area contributed by atoms with E-state index in [4.69, 9.17) is 9.84 Å². The van der Waals surface area contributed by atoms with Crippen molar-refractivity contribution in [1.82, 2.24) is 4.98 Å². The fourth-order valence-corrected chi connectivity index (χ4v) is 2.72. The van der Waals surface area contributed by atoms with E-state index in [9.17, 15) is 22.8 Å². The molecule has 2 aromatic rings. The third kappa shape index (κ3) is 6.18. The van der Waals surface area contributed by atoms with E-state index >= 15 is 0 Å². The highest BCUT2D eigenvalue weighted by atomic mass is 19.3. The quantitative estimate of drug-likeness (QED) is 0.749. The molecule has 3 rings (SSSR count). The lowest BCUT2D eigenvalue weighted by molar-refractivity contribution is -0.126. The summed E-state index contributed by atoms with van der Waals surface area (Å²) in [5.41, 5.74) is -0.271. The molecule has 1 aromatic heterocycles. The van der Waals surface area contributed by atoms with Crippen LogP contribution in [0.2, 0.25) is 0 Å². The minimum atomic E-state index is -2.85. The Morgan fingerprint density at radius 2 is 2.00 bits per heavy atom. The predicted octanol–water partition coefficient (Wildman–Crippen LogP) is 4.06. The molecule has 2 heterocycles. The number of hydrogen-bond acceptors (Lipinski definition) is 5. The first-order valence-electron chi connectivity index (χ1n) is 8.99. The molecule has 2 atom stereocenters. The summed E-state index contributed by atoms with van der Waals surface area (Å²) in [6.45, 7) is 1.93. The summed E-state index contributed by atoms with van der Waals surface area (Å²) >= 11 is 0. The molecule has 0 saturated carbocycles. The summed E-state index contributed by atoms with van der Waals surface area (Å²) in [6.07, 6.45) is -0.282. The number of ether oxygens (including phenoxy) is 2. The second-order valence-corrected chi connectivity index (χ2v) is 6.40. The highest BCUT2D eigenvalue weighted by Gasteiger charge is 2.28. The molecule has 0 radical (unpaired) electrons. The Bertz CT molecular complexity index is 877. The maximum Gasteiger partial charge on any atom is 0.354 e. The van der Waals surface area contributed by atoms with Gasteiger partial charge in [-0.25, -0.2) is 22.9 Å². The van der Waals surface area contributed by atoms with Crippen LogP contribution in [0.15, 0.2) is 36.5 Å². The van der Waals surface area contributed by atoms with Crippen molar-refractivity contribution in [3.05, 3.63) is 53.6 Å². The van der Waals surface area contributed by atoms with Crippen LogP contribution in [0.3, 0.4) is 0 Å². The molecule has 1 aliphatic heterocycles. The highest BCUT2D eigenvalue weighted by Crippen LogP contribution is 2.30. The van der Waals surface area contributed by atoms with Gasteiger partial charge in [-0.3, -0.25) is 4.79 Å².